The average Bonchev–Trinajstić information content (AvgIpc) is 3.18. The van der Waals surface area contributed by atoms with Crippen LogP contribution in [0.2, 0.25) is 0 Å². The minimum atomic E-state index is -0.486. The van der Waals surface area contributed by atoms with Crippen molar-refractivity contribution in [2.75, 3.05) is 39.3 Å². The molecule has 156 valence electrons. The van der Waals surface area contributed by atoms with Gasteiger partial charge in [0, 0.05) is 50.9 Å². The number of amides is 2. The number of nitrogens with zero attached hydrogens (tertiary/aromatic N) is 3. The molecule has 2 amide bonds. The van der Waals surface area contributed by atoms with E-state index in [1.807, 2.05) is 51.1 Å². The number of benzene rings is 1. The number of carbonyl (C=O) groups is 2. The highest BCUT2D eigenvalue weighted by molar-refractivity contribution is 5.93. The zero-order valence-electron chi connectivity index (χ0n) is 17.2. The molecule has 8 nitrogen and oxygen atoms in total. The van der Waals surface area contributed by atoms with Crippen LogP contribution >= 0.6 is 0 Å². The third-order valence-corrected chi connectivity index (χ3v) is 4.54. The predicted octanol–water partition coefficient (Wildman–Crippen LogP) is 2.62. The number of carbonyl (C=O) groups excluding carboxylic acids is 2. The first-order valence-electron chi connectivity index (χ1n) is 9.82. The number of hydrogen-bond donors (Lipinski definition) is 1. The maximum atomic E-state index is 12.3. The minimum Gasteiger partial charge on any atom is -0.444 e. The Hall–Kier alpha value is -2.87. The quantitative estimate of drug-likeness (QED) is 0.830. The molecule has 1 saturated heterocycles. The van der Waals surface area contributed by atoms with Crippen molar-refractivity contribution < 1.29 is 18.8 Å². The second kappa shape index (κ2) is 9.09. The molecule has 1 fully saturated rings. The molecule has 1 aromatic carbocycles. The molecule has 2 heterocycles. The summed E-state index contributed by atoms with van der Waals surface area (Å²) < 4.78 is 10.7. The smallest absolute Gasteiger partial charge is 0.410 e. The molecule has 3 rings (SSSR count). The lowest BCUT2D eigenvalue weighted by Gasteiger charge is -2.35. The van der Waals surface area contributed by atoms with E-state index in [-0.39, 0.29) is 17.7 Å². The Morgan fingerprint density at radius 3 is 2.48 bits per heavy atom. The zero-order chi connectivity index (χ0) is 20.9. The summed E-state index contributed by atoms with van der Waals surface area (Å²) in [5.74, 6) is 0.303. The molecule has 1 N–H and O–H groups in total. The monoisotopic (exact) mass is 400 g/mol. The largest absolute Gasteiger partial charge is 0.444 e. The van der Waals surface area contributed by atoms with Gasteiger partial charge in [-0.3, -0.25) is 9.69 Å². The van der Waals surface area contributed by atoms with Gasteiger partial charge in [-0.15, -0.1) is 0 Å². The van der Waals surface area contributed by atoms with Gasteiger partial charge in [-0.1, -0.05) is 35.5 Å². The van der Waals surface area contributed by atoms with Crippen LogP contribution in [0.4, 0.5) is 4.79 Å². The Bertz CT molecular complexity index is 821. The molecule has 8 heteroatoms. The van der Waals surface area contributed by atoms with Crippen molar-refractivity contribution in [2.24, 2.45) is 0 Å². The molecule has 1 aliphatic heterocycles. The summed E-state index contributed by atoms with van der Waals surface area (Å²) in [5, 5.41) is 6.73. The van der Waals surface area contributed by atoms with Crippen LogP contribution in [-0.2, 0) is 4.74 Å². The van der Waals surface area contributed by atoms with E-state index in [0.717, 1.165) is 18.7 Å². The van der Waals surface area contributed by atoms with E-state index < -0.39 is 5.60 Å². The molecule has 0 radical (unpaired) electrons. The topological polar surface area (TPSA) is 87.9 Å². The fraction of sp³-hybridized carbons (Fsp3) is 0.476. The molecule has 1 aliphatic rings. The van der Waals surface area contributed by atoms with Crippen molar-refractivity contribution in [3.05, 3.63) is 42.1 Å². The third kappa shape index (κ3) is 6.05. The molecule has 0 saturated carbocycles. The highest BCUT2D eigenvalue weighted by Gasteiger charge is 2.25. The number of hydrogen-bond acceptors (Lipinski definition) is 6. The first kappa shape index (κ1) is 20.9. The van der Waals surface area contributed by atoms with Crippen LogP contribution in [0.3, 0.4) is 0 Å². The molecule has 0 unspecified atom stereocenters. The normalized spacial score (nSPS) is 15.2. The van der Waals surface area contributed by atoms with Crippen LogP contribution in [0.5, 0.6) is 0 Å². The maximum absolute atomic E-state index is 12.3. The number of rotatable bonds is 5. The van der Waals surface area contributed by atoms with Gasteiger partial charge in [-0.05, 0) is 20.8 Å². The van der Waals surface area contributed by atoms with Gasteiger partial charge in [0.25, 0.3) is 5.91 Å². The standard InChI is InChI=1S/C21H28N4O4/c1-21(2,3)28-20(27)25-13-11-24(12-14-25)10-9-22-19(26)17-15-18(29-23-17)16-7-5-4-6-8-16/h4-8,15H,9-14H2,1-3H3,(H,22,26). The van der Waals surface area contributed by atoms with Crippen molar-refractivity contribution in [1.82, 2.24) is 20.3 Å². The maximum Gasteiger partial charge on any atom is 0.410 e. The molecule has 0 atom stereocenters. The van der Waals surface area contributed by atoms with Crippen molar-refractivity contribution in [3.63, 3.8) is 0 Å². The van der Waals surface area contributed by atoms with Crippen LogP contribution < -0.4 is 5.32 Å². The number of nitrogens with one attached hydrogen (secondary N) is 1. The second-order valence-corrected chi connectivity index (χ2v) is 8.01. The van der Waals surface area contributed by atoms with Crippen molar-refractivity contribution in [1.29, 1.82) is 0 Å². The van der Waals surface area contributed by atoms with Gasteiger partial charge in [-0.2, -0.15) is 0 Å². The Kier molecular flexibility index (Phi) is 6.53. The van der Waals surface area contributed by atoms with Crippen LogP contribution in [-0.4, -0.2) is 71.8 Å². The van der Waals surface area contributed by atoms with Gasteiger partial charge in [0.05, 0.1) is 0 Å². The summed E-state index contributed by atoms with van der Waals surface area (Å²) in [6.07, 6.45) is -0.272. The van der Waals surface area contributed by atoms with Gasteiger partial charge >= 0.3 is 6.09 Å². The number of aromatic nitrogens is 1. The lowest BCUT2D eigenvalue weighted by molar-refractivity contribution is 0.0147. The highest BCUT2D eigenvalue weighted by atomic mass is 16.6. The minimum absolute atomic E-state index is 0.261. The lowest BCUT2D eigenvalue weighted by Crippen LogP contribution is -2.51. The Balaban J connectivity index is 1.39. The molecule has 0 spiro atoms. The Morgan fingerprint density at radius 2 is 1.83 bits per heavy atom. The summed E-state index contributed by atoms with van der Waals surface area (Å²) in [6.45, 7) is 9.52. The van der Waals surface area contributed by atoms with Gasteiger partial charge in [0.1, 0.15) is 5.60 Å². The molecule has 29 heavy (non-hydrogen) atoms. The van der Waals surface area contributed by atoms with E-state index in [4.69, 9.17) is 9.26 Å². The van der Waals surface area contributed by atoms with E-state index in [2.05, 4.69) is 15.4 Å². The lowest BCUT2D eigenvalue weighted by atomic mass is 10.1. The summed E-state index contributed by atoms with van der Waals surface area (Å²) in [6, 6.07) is 11.2. The average molecular weight is 400 g/mol. The predicted molar refractivity (Wildman–Crippen MR) is 109 cm³/mol. The van der Waals surface area contributed by atoms with Crippen molar-refractivity contribution in [2.45, 2.75) is 26.4 Å². The van der Waals surface area contributed by atoms with E-state index in [1.165, 1.54) is 0 Å². The van der Waals surface area contributed by atoms with E-state index in [9.17, 15) is 9.59 Å². The molecule has 1 aromatic heterocycles. The molecular formula is C21H28N4O4. The summed E-state index contributed by atoms with van der Waals surface area (Å²) in [5.41, 5.74) is 0.653. The number of piperazine rings is 1. The fourth-order valence-electron chi connectivity index (χ4n) is 3.02. The fourth-order valence-corrected chi connectivity index (χ4v) is 3.02. The van der Waals surface area contributed by atoms with Gasteiger partial charge in [0.15, 0.2) is 11.5 Å². The van der Waals surface area contributed by atoms with Crippen molar-refractivity contribution in [3.8, 4) is 11.3 Å². The van der Waals surface area contributed by atoms with E-state index in [1.54, 1.807) is 11.0 Å². The van der Waals surface area contributed by atoms with Gasteiger partial charge in [-0.25, -0.2) is 4.79 Å². The second-order valence-electron chi connectivity index (χ2n) is 8.01. The SMILES string of the molecule is CC(C)(C)OC(=O)N1CCN(CCNC(=O)c2cc(-c3ccccc3)on2)CC1. The number of ether oxygens (including phenoxy) is 1. The van der Waals surface area contributed by atoms with Gasteiger partial charge < -0.3 is 19.5 Å². The van der Waals surface area contributed by atoms with Crippen LogP contribution in [0.15, 0.2) is 40.9 Å². The molecule has 2 aromatic rings. The van der Waals surface area contributed by atoms with Crippen LogP contribution in [0.25, 0.3) is 11.3 Å². The van der Waals surface area contributed by atoms with Crippen molar-refractivity contribution >= 4 is 12.0 Å². The summed E-state index contributed by atoms with van der Waals surface area (Å²) in [7, 11) is 0. The molecular weight excluding hydrogens is 372 g/mol. The third-order valence-electron chi connectivity index (χ3n) is 4.54. The molecule has 0 bridgehead atoms. The molecule has 0 aliphatic carbocycles. The summed E-state index contributed by atoms with van der Waals surface area (Å²) in [4.78, 5) is 28.3. The Morgan fingerprint density at radius 1 is 1.14 bits per heavy atom. The first-order chi connectivity index (χ1) is 13.8. The Labute approximate surface area is 170 Å². The van der Waals surface area contributed by atoms with Crippen LogP contribution in [0, 0.1) is 0 Å². The first-order valence-corrected chi connectivity index (χ1v) is 9.82. The van der Waals surface area contributed by atoms with Crippen LogP contribution in [0.1, 0.15) is 31.3 Å². The van der Waals surface area contributed by atoms with E-state index in [0.29, 0.717) is 31.9 Å². The zero-order valence-corrected chi connectivity index (χ0v) is 17.2. The van der Waals surface area contributed by atoms with Gasteiger partial charge in [0.2, 0.25) is 0 Å². The summed E-state index contributed by atoms with van der Waals surface area (Å²) >= 11 is 0. The van der Waals surface area contributed by atoms with E-state index >= 15 is 0 Å². The highest BCUT2D eigenvalue weighted by Crippen LogP contribution is 2.19.